The van der Waals surface area contributed by atoms with Crippen LogP contribution in [0.25, 0.3) is 0 Å². The van der Waals surface area contributed by atoms with Crippen molar-refractivity contribution in [2.24, 2.45) is 0 Å². The van der Waals surface area contributed by atoms with E-state index in [4.69, 9.17) is 14.3 Å². The van der Waals surface area contributed by atoms with Crippen molar-refractivity contribution in [3.05, 3.63) is 17.8 Å². The third kappa shape index (κ3) is 3.03. The summed E-state index contributed by atoms with van der Waals surface area (Å²) in [6, 6.07) is -0.438. The number of nitrogens with one attached hydrogen (secondary N) is 1. The highest BCUT2D eigenvalue weighted by atomic mass is 16.5. The van der Waals surface area contributed by atoms with Crippen molar-refractivity contribution < 1.29 is 19.1 Å². The number of carbonyl (C=O) groups is 1. The monoisotopic (exact) mass is 214 g/mol. The molecule has 1 rings (SSSR count). The molecule has 0 bridgehead atoms. The van der Waals surface area contributed by atoms with Gasteiger partial charge in [-0.2, -0.15) is 0 Å². The second-order valence-corrected chi connectivity index (χ2v) is 3.08. The van der Waals surface area contributed by atoms with Crippen LogP contribution in [0.4, 0.5) is 0 Å². The minimum atomic E-state index is -0.438. The van der Waals surface area contributed by atoms with Gasteiger partial charge in [-0.1, -0.05) is 0 Å². The Morgan fingerprint density at radius 1 is 1.80 bits per heavy atom. The second-order valence-electron chi connectivity index (χ2n) is 3.08. The number of aryl methyl sites for hydroxylation is 1. The third-order valence-electron chi connectivity index (χ3n) is 1.88. The van der Waals surface area contributed by atoms with E-state index in [9.17, 15) is 4.79 Å². The quantitative estimate of drug-likeness (QED) is 0.704. The summed E-state index contributed by atoms with van der Waals surface area (Å²) in [7, 11) is 1.49. The predicted molar refractivity (Wildman–Crippen MR) is 51.5 cm³/mol. The van der Waals surface area contributed by atoms with Crippen LogP contribution in [0.3, 0.4) is 0 Å². The Balaban J connectivity index is 2.58. The highest BCUT2D eigenvalue weighted by Gasteiger charge is 2.17. The number of nitrogens with zero attached hydrogens (tertiary/aromatic N) is 1. The van der Waals surface area contributed by atoms with Gasteiger partial charge in [-0.25, -0.2) is 4.98 Å². The first-order valence-electron chi connectivity index (χ1n) is 4.49. The molecule has 1 atom stereocenters. The lowest BCUT2D eigenvalue weighted by atomic mass is 10.3. The van der Waals surface area contributed by atoms with Crippen LogP contribution in [-0.4, -0.2) is 42.4 Å². The van der Waals surface area contributed by atoms with Crippen LogP contribution in [-0.2, 0) is 4.74 Å². The summed E-state index contributed by atoms with van der Waals surface area (Å²) in [5.74, 6) is -0.245. The van der Waals surface area contributed by atoms with Crippen molar-refractivity contribution >= 4 is 5.91 Å². The van der Waals surface area contributed by atoms with E-state index in [0.717, 1.165) is 0 Å². The van der Waals surface area contributed by atoms with Gasteiger partial charge < -0.3 is 19.6 Å². The first-order chi connectivity index (χ1) is 7.19. The highest BCUT2D eigenvalue weighted by Crippen LogP contribution is 2.04. The number of amides is 1. The first-order valence-corrected chi connectivity index (χ1v) is 4.49. The van der Waals surface area contributed by atoms with Crippen LogP contribution in [0.5, 0.6) is 0 Å². The van der Waals surface area contributed by atoms with Crippen LogP contribution >= 0.6 is 0 Å². The Morgan fingerprint density at radius 3 is 3.00 bits per heavy atom. The number of oxazole rings is 1. The summed E-state index contributed by atoms with van der Waals surface area (Å²) in [5.41, 5.74) is 0.515. The average Bonchev–Trinajstić information content (AvgIpc) is 2.63. The number of methoxy groups -OCH3 is 1. The molecule has 6 heteroatoms. The van der Waals surface area contributed by atoms with Crippen LogP contribution in [0, 0.1) is 6.92 Å². The number of aliphatic hydroxyl groups is 1. The van der Waals surface area contributed by atoms with Crippen molar-refractivity contribution in [1.29, 1.82) is 0 Å². The number of carbonyl (C=O) groups excluding carboxylic acids is 1. The van der Waals surface area contributed by atoms with Crippen LogP contribution in [0.2, 0.25) is 0 Å². The molecule has 2 N–H and O–H groups in total. The van der Waals surface area contributed by atoms with Gasteiger partial charge in [0, 0.05) is 7.11 Å². The molecule has 0 fully saturated rings. The van der Waals surface area contributed by atoms with E-state index in [-0.39, 0.29) is 19.0 Å². The zero-order valence-electron chi connectivity index (χ0n) is 8.69. The lowest BCUT2D eigenvalue weighted by Gasteiger charge is -2.13. The minimum Gasteiger partial charge on any atom is -0.438 e. The third-order valence-corrected chi connectivity index (χ3v) is 1.88. The Hall–Kier alpha value is -1.40. The average molecular weight is 214 g/mol. The Labute approximate surface area is 87.3 Å². The van der Waals surface area contributed by atoms with E-state index >= 15 is 0 Å². The van der Waals surface area contributed by atoms with Gasteiger partial charge in [0.05, 0.1) is 24.9 Å². The summed E-state index contributed by atoms with van der Waals surface area (Å²) in [6.07, 6.45) is 1.20. The number of aliphatic hydroxyl groups excluding tert-OH is 1. The van der Waals surface area contributed by atoms with E-state index < -0.39 is 11.9 Å². The molecule has 0 aromatic carbocycles. The highest BCUT2D eigenvalue weighted by molar-refractivity contribution is 5.92. The number of hydrogen-bond acceptors (Lipinski definition) is 5. The zero-order valence-corrected chi connectivity index (χ0v) is 8.69. The second kappa shape index (κ2) is 5.47. The van der Waals surface area contributed by atoms with Crippen LogP contribution < -0.4 is 5.32 Å². The van der Waals surface area contributed by atoms with Gasteiger partial charge in [0.2, 0.25) is 5.76 Å². The van der Waals surface area contributed by atoms with Crippen molar-refractivity contribution in [3.63, 3.8) is 0 Å². The maximum atomic E-state index is 11.6. The summed E-state index contributed by atoms with van der Waals surface area (Å²) < 4.78 is 9.73. The smallest absolute Gasteiger partial charge is 0.289 e. The molecule has 1 amide bonds. The van der Waals surface area contributed by atoms with E-state index in [1.54, 1.807) is 6.92 Å². The number of aromatic nitrogens is 1. The molecule has 84 valence electrons. The fourth-order valence-corrected chi connectivity index (χ4v) is 1.11. The van der Waals surface area contributed by atoms with Crippen LogP contribution in [0.1, 0.15) is 16.2 Å². The molecule has 0 aliphatic heterocycles. The van der Waals surface area contributed by atoms with Gasteiger partial charge in [-0.05, 0) is 6.92 Å². The molecule has 0 saturated heterocycles. The summed E-state index contributed by atoms with van der Waals surface area (Å²) >= 11 is 0. The first kappa shape index (κ1) is 11.7. The number of hydrogen-bond donors (Lipinski definition) is 2. The van der Waals surface area contributed by atoms with Gasteiger partial charge in [0.1, 0.15) is 0 Å². The topological polar surface area (TPSA) is 84.6 Å². The SMILES string of the molecule is COCC(CO)NC(=O)c1ocnc1C. The van der Waals surface area contributed by atoms with Gasteiger partial charge in [-0.3, -0.25) is 4.79 Å². The predicted octanol–water partition coefficient (Wildman–Crippen LogP) is -0.280. The molecule has 0 saturated carbocycles. The van der Waals surface area contributed by atoms with Crippen molar-refractivity contribution in [1.82, 2.24) is 10.3 Å². The molecule has 0 aliphatic rings. The van der Waals surface area contributed by atoms with E-state index in [1.165, 1.54) is 13.5 Å². The molecule has 1 unspecified atom stereocenters. The maximum Gasteiger partial charge on any atom is 0.289 e. The van der Waals surface area contributed by atoms with E-state index in [0.29, 0.717) is 5.69 Å². The van der Waals surface area contributed by atoms with Crippen molar-refractivity contribution in [3.8, 4) is 0 Å². The molecule has 6 nitrogen and oxygen atoms in total. The molecular weight excluding hydrogens is 200 g/mol. The Morgan fingerprint density at radius 2 is 2.53 bits per heavy atom. The Kier molecular flexibility index (Phi) is 4.26. The molecule has 0 spiro atoms. The fourth-order valence-electron chi connectivity index (χ4n) is 1.11. The van der Waals surface area contributed by atoms with Gasteiger partial charge >= 0.3 is 0 Å². The lowest BCUT2D eigenvalue weighted by molar-refractivity contribution is 0.0813. The molecular formula is C9H14N2O4. The molecule has 1 heterocycles. The normalized spacial score (nSPS) is 12.5. The molecule has 1 aromatic rings. The minimum absolute atomic E-state index is 0.157. The number of ether oxygens (including phenoxy) is 1. The van der Waals surface area contributed by atoms with Crippen molar-refractivity contribution in [2.45, 2.75) is 13.0 Å². The zero-order chi connectivity index (χ0) is 11.3. The fraction of sp³-hybridized carbons (Fsp3) is 0.556. The van der Waals surface area contributed by atoms with E-state index in [1.807, 2.05) is 0 Å². The van der Waals surface area contributed by atoms with Gasteiger partial charge in [-0.15, -0.1) is 0 Å². The van der Waals surface area contributed by atoms with Gasteiger partial charge in [0.25, 0.3) is 5.91 Å². The summed E-state index contributed by atoms with van der Waals surface area (Å²) in [4.78, 5) is 15.4. The van der Waals surface area contributed by atoms with Gasteiger partial charge in [0.15, 0.2) is 6.39 Å². The van der Waals surface area contributed by atoms with E-state index in [2.05, 4.69) is 10.3 Å². The molecule has 0 radical (unpaired) electrons. The van der Waals surface area contributed by atoms with Crippen LogP contribution in [0.15, 0.2) is 10.8 Å². The lowest BCUT2D eigenvalue weighted by Crippen LogP contribution is -2.40. The molecule has 0 aliphatic carbocycles. The largest absolute Gasteiger partial charge is 0.438 e. The Bertz CT molecular complexity index is 324. The maximum absolute atomic E-state index is 11.6. The van der Waals surface area contributed by atoms with Crippen molar-refractivity contribution in [2.75, 3.05) is 20.3 Å². The summed E-state index contributed by atoms with van der Waals surface area (Å²) in [5, 5.41) is 11.5. The number of rotatable bonds is 5. The molecule has 15 heavy (non-hydrogen) atoms. The molecule has 1 aromatic heterocycles. The standard InChI is InChI=1S/C9H14N2O4/c1-6-8(15-5-10-6)9(13)11-7(3-12)4-14-2/h5,7,12H,3-4H2,1-2H3,(H,11,13). The summed E-state index contributed by atoms with van der Waals surface area (Å²) in [6.45, 7) is 1.73.